The van der Waals surface area contributed by atoms with E-state index in [1.807, 2.05) is 6.33 Å². The van der Waals surface area contributed by atoms with Crippen molar-refractivity contribution in [2.75, 3.05) is 0 Å². The van der Waals surface area contributed by atoms with Crippen LogP contribution in [0.2, 0.25) is 0 Å². The summed E-state index contributed by atoms with van der Waals surface area (Å²) in [5.74, 6) is 0. The number of aryl methyl sites for hydroxylation is 3. The Balaban J connectivity index is 1.62. The molecule has 0 atom stereocenters. The maximum Gasteiger partial charge on any atom is 0.0958 e. The van der Waals surface area contributed by atoms with Gasteiger partial charge in [0.05, 0.1) is 17.4 Å². The van der Waals surface area contributed by atoms with Crippen LogP contribution in [0.3, 0.4) is 0 Å². The second-order valence-electron chi connectivity index (χ2n) is 7.05. The van der Waals surface area contributed by atoms with Gasteiger partial charge < -0.3 is 4.57 Å². The van der Waals surface area contributed by atoms with E-state index in [-0.39, 0.29) is 0 Å². The van der Waals surface area contributed by atoms with Crippen LogP contribution >= 0.6 is 0 Å². The first-order chi connectivity index (χ1) is 11.2. The highest BCUT2D eigenvalue weighted by atomic mass is 15.0. The summed E-state index contributed by atoms with van der Waals surface area (Å²) in [7, 11) is 0. The van der Waals surface area contributed by atoms with E-state index >= 15 is 0 Å². The molecule has 0 radical (unpaired) electrons. The van der Waals surface area contributed by atoms with Crippen molar-refractivity contribution in [1.82, 2.24) is 9.55 Å². The maximum absolute atomic E-state index is 4.55. The largest absolute Gasteiger partial charge is 0.331 e. The van der Waals surface area contributed by atoms with Crippen molar-refractivity contribution in [2.24, 2.45) is 0 Å². The fourth-order valence-electron chi connectivity index (χ4n) is 3.26. The molecule has 23 heavy (non-hydrogen) atoms. The lowest BCUT2D eigenvalue weighted by molar-refractivity contribution is 0.538. The molecule has 0 amide bonds. The van der Waals surface area contributed by atoms with Crippen molar-refractivity contribution in [3.8, 4) is 0 Å². The van der Waals surface area contributed by atoms with Crippen LogP contribution in [-0.4, -0.2) is 9.55 Å². The Morgan fingerprint density at radius 3 is 2.00 bits per heavy atom. The third kappa shape index (κ3) is 5.67. The molecule has 0 aliphatic rings. The second-order valence-corrected chi connectivity index (χ2v) is 7.05. The number of aromatic nitrogens is 2. The average Bonchev–Trinajstić information content (AvgIpc) is 2.92. The van der Waals surface area contributed by atoms with Crippen molar-refractivity contribution in [3.05, 3.63) is 29.6 Å². The first kappa shape index (κ1) is 18.0. The van der Waals surface area contributed by atoms with E-state index in [0.717, 1.165) is 12.1 Å². The molecule has 0 spiro atoms. The highest BCUT2D eigenvalue weighted by Crippen LogP contribution is 2.19. The van der Waals surface area contributed by atoms with Crippen LogP contribution in [0.5, 0.6) is 0 Å². The van der Waals surface area contributed by atoms with Gasteiger partial charge in [0.25, 0.3) is 0 Å². The van der Waals surface area contributed by atoms with Gasteiger partial charge in [-0.3, -0.25) is 0 Å². The minimum atomic E-state index is 1.11. The molecule has 1 aromatic heterocycles. The number of imidazole rings is 1. The van der Waals surface area contributed by atoms with Crippen LogP contribution in [-0.2, 0) is 6.54 Å². The van der Waals surface area contributed by atoms with Crippen LogP contribution in [0.1, 0.15) is 82.3 Å². The molecule has 1 aromatic carbocycles. The number of hydrogen-bond donors (Lipinski definition) is 0. The van der Waals surface area contributed by atoms with Crippen molar-refractivity contribution in [3.63, 3.8) is 0 Å². The van der Waals surface area contributed by atoms with Crippen LogP contribution in [0.4, 0.5) is 0 Å². The van der Waals surface area contributed by atoms with Crippen LogP contribution in [0, 0.1) is 13.8 Å². The van der Waals surface area contributed by atoms with Gasteiger partial charge in [-0.1, -0.05) is 64.7 Å². The second kappa shape index (κ2) is 9.75. The monoisotopic (exact) mass is 314 g/mol. The lowest BCUT2D eigenvalue weighted by Crippen LogP contribution is -1.96. The van der Waals surface area contributed by atoms with Gasteiger partial charge in [-0.05, 0) is 43.5 Å². The summed E-state index contributed by atoms with van der Waals surface area (Å²) in [5, 5.41) is 0. The number of fused-ring (bicyclic) bond motifs is 1. The standard InChI is InChI=1S/C21H34N2/c1-4-5-6-7-8-9-10-11-12-13-14-23-17-22-20-15-18(2)19(3)16-21(20)23/h15-17H,4-14H2,1-3H3. The van der Waals surface area contributed by atoms with E-state index < -0.39 is 0 Å². The minimum absolute atomic E-state index is 1.11. The van der Waals surface area contributed by atoms with E-state index in [2.05, 4.69) is 42.5 Å². The molecular weight excluding hydrogens is 280 g/mol. The Labute approximate surface area is 142 Å². The minimum Gasteiger partial charge on any atom is -0.331 e. The summed E-state index contributed by atoms with van der Waals surface area (Å²) in [6.45, 7) is 7.74. The molecule has 0 unspecified atom stereocenters. The summed E-state index contributed by atoms with van der Waals surface area (Å²) in [5.41, 5.74) is 5.13. The number of benzene rings is 1. The molecule has 0 saturated carbocycles. The van der Waals surface area contributed by atoms with Gasteiger partial charge in [0.1, 0.15) is 0 Å². The maximum atomic E-state index is 4.55. The van der Waals surface area contributed by atoms with Gasteiger partial charge in [-0.2, -0.15) is 0 Å². The number of nitrogens with zero attached hydrogens (tertiary/aromatic N) is 2. The van der Waals surface area contributed by atoms with Crippen molar-refractivity contribution in [2.45, 2.75) is 91.5 Å². The van der Waals surface area contributed by atoms with E-state index in [1.165, 1.54) is 80.9 Å². The SMILES string of the molecule is CCCCCCCCCCCCn1cnc2cc(C)c(C)cc21. The lowest BCUT2D eigenvalue weighted by atomic mass is 10.1. The summed E-state index contributed by atoms with van der Waals surface area (Å²) in [6.07, 6.45) is 15.9. The molecule has 0 aliphatic heterocycles. The fraction of sp³-hybridized carbons (Fsp3) is 0.667. The van der Waals surface area contributed by atoms with Crippen molar-refractivity contribution >= 4 is 11.0 Å². The van der Waals surface area contributed by atoms with Gasteiger partial charge in [0.2, 0.25) is 0 Å². The lowest BCUT2D eigenvalue weighted by Gasteiger charge is -2.06. The molecular formula is C21H34N2. The number of unbranched alkanes of at least 4 members (excludes halogenated alkanes) is 9. The predicted octanol–water partition coefficient (Wildman–Crippen LogP) is 6.57. The first-order valence-corrected chi connectivity index (χ1v) is 9.64. The van der Waals surface area contributed by atoms with E-state index in [1.54, 1.807) is 0 Å². The van der Waals surface area contributed by atoms with Crippen LogP contribution < -0.4 is 0 Å². The molecule has 2 rings (SSSR count). The van der Waals surface area contributed by atoms with Crippen molar-refractivity contribution < 1.29 is 0 Å². The highest BCUT2D eigenvalue weighted by molar-refractivity contribution is 5.77. The molecule has 2 nitrogen and oxygen atoms in total. The summed E-state index contributed by atoms with van der Waals surface area (Å²) >= 11 is 0. The molecule has 0 bridgehead atoms. The topological polar surface area (TPSA) is 17.8 Å². The highest BCUT2D eigenvalue weighted by Gasteiger charge is 2.04. The number of rotatable bonds is 11. The smallest absolute Gasteiger partial charge is 0.0958 e. The Bertz CT molecular complexity index is 583. The van der Waals surface area contributed by atoms with E-state index in [9.17, 15) is 0 Å². The average molecular weight is 315 g/mol. The summed E-state index contributed by atoms with van der Waals surface area (Å²) in [6, 6.07) is 4.49. The van der Waals surface area contributed by atoms with E-state index in [4.69, 9.17) is 0 Å². The fourth-order valence-corrected chi connectivity index (χ4v) is 3.26. The van der Waals surface area contributed by atoms with Gasteiger partial charge in [-0.25, -0.2) is 4.98 Å². The Morgan fingerprint density at radius 2 is 1.35 bits per heavy atom. The Kier molecular flexibility index (Phi) is 7.64. The molecule has 0 saturated heterocycles. The van der Waals surface area contributed by atoms with Gasteiger partial charge in [0.15, 0.2) is 0 Å². The molecule has 0 fully saturated rings. The molecule has 1 heterocycles. The van der Waals surface area contributed by atoms with Crippen molar-refractivity contribution in [1.29, 1.82) is 0 Å². The Hall–Kier alpha value is -1.31. The summed E-state index contributed by atoms with van der Waals surface area (Å²) < 4.78 is 2.33. The van der Waals surface area contributed by atoms with E-state index in [0.29, 0.717) is 0 Å². The first-order valence-electron chi connectivity index (χ1n) is 9.64. The molecule has 2 heteroatoms. The van der Waals surface area contributed by atoms with Gasteiger partial charge in [-0.15, -0.1) is 0 Å². The molecule has 128 valence electrons. The normalized spacial score (nSPS) is 11.4. The third-order valence-corrected chi connectivity index (χ3v) is 4.99. The zero-order valence-corrected chi connectivity index (χ0v) is 15.4. The number of hydrogen-bond acceptors (Lipinski definition) is 1. The van der Waals surface area contributed by atoms with Gasteiger partial charge >= 0.3 is 0 Å². The third-order valence-electron chi connectivity index (χ3n) is 4.99. The summed E-state index contributed by atoms with van der Waals surface area (Å²) in [4.78, 5) is 4.55. The Morgan fingerprint density at radius 1 is 0.783 bits per heavy atom. The van der Waals surface area contributed by atoms with Crippen LogP contribution in [0.15, 0.2) is 18.5 Å². The van der Waals surface area contributed by atoms with Crippen LogP contribution in [0.25, 0.3) is 11.0 Å². The van der Waals surface area contributed by atoms with Gasteiger partial charge in [0, 0.05) is 6.54 Å². The zero-order valence-electron chi connectivity index (χ0n) is 15.4. The quantitative estimate of drug-likeness (QED) is 0.429. The molecule has 0 aliphatic carbocycles. The molecule has 2 aromatic rings. The molecule has 0 N–H and O–H groups in total. The predicted molar refractivity (Wildman–Crippen MR) is 101 cm³/mol. The zero-order chi connectivity index (χ0) is 16.5.